The van der Waals surface area contributed by atoms with Crippen LogP contribution in [0.25, 0.3) is 0 Å². The Morgan fingerprint density at radius 3 is 2.32 bits per heavy atom. The fourth-order valence-corrected chi connectivity index (χ4v) is 5.61. The van der Waals surface area contributed by atoms with Gasteiger partial charge in [-0.1, -0.05) is 0 Å². The number of aryl methyl sites for hydroxylation is 1. The van der Waals surface area contributed by atoms with Crippen molar-refractivity contribution in [2.45, 2.75) is 58.4 Å². The van der Waals surface area contributed by atoms with Crippen LogP contribution in [0.3, 0.4) is 0 Å². The maximum atomic E-state index is 12.4. The normalized spacial score (nSPS) is 35.6. The van der Waals surface area contributed by atoms with E-state index >= 15 is 0 Å². The number of nitrogens with zero attached hydrogens (tertiary/aromatic N) is 2. The van der Waals surface area contributed by atoms with Crippen molar-refractivity contribution < 1.29 is 4.79 Å². The van der Waals surface area contributed by atoms with E-state index in [4.69, 9.17) is 0 Å². The van der Waals surface area contributed by atoms with Crippen LogP contribution in [0.15, 0.2) is 12.4 Å². The number of carbonyl (C=O) groups is 1. The summed E-state index contributed by atoms with van der Waals surface area (Å²) in [6.07, 6.45) is 12.4. The third-order valence-electron chi connectivity index (χ3n) is 6.00. The number of hydrogen-bond acceptors (Lipinski definition) is 3. The molecule has 1 amide bonds. The second-order valence-corrected chi connectivity index (χ2v) is 8.02. The molecular weight excluding hydrogens is 274 g/mol. The second kappa shape index (κ2) is 5.32. The molecule has 0 aliphatic heterocycles. The highest BCUT2D eigenvalue weighted by Gasteiger charge is 2.51. The summed E-state index contributed by atoms with van der Waals surface area (Å²) in [4.78, 5) is 20.9. The van der Waals surface area contributed by atoms with Gasteiger partial charge in [0.2, 0.25) is 5.91 Å². The molecule has 0 saturated heterocycles. The summed E-state index contributed by atoms with van der Waals surface area (Å²) in [5, 5.41) is 3.05. The lowest BCUT2D eigenvalue weighted by molar-refractivity contribution is -0.129. The summed E-state index contributed by atoms with van der Waals surface area (Å²) in [5.41, 5.74) is 2.06. The molecule has 0 atom stereocenters. The van der Waals surface area contributed by atoms with Crippen LogP contribution in [0, 0.1) is 30.1 Å². The molecule has 4 saturated carbocycles. The molecule has 1 N–H and O–H groups in total. The maximum Gasteiger partial charge on any atom is 0.220 e. The molecule has 1 heterocycles. The Labute approximate surface area is 132 Å². The Bertz CT molecular complexity index is 531. The first-order valence-corrected chi connectivity index (χ1v) is 8.64. The van der Waals surface area contributed by atoms with Gasteiger partial charge in [0.25, 0.3) is 0 Å². The van der Waals surface area contributed by atoms with E-state index in [-0.39, 0.29) is 5.91 Å². The molecule has 0 aromatic carbocycles. The molecule has 118 valence electrons. The van der Waals surface area contributed by atoms with E-state index in [2.05, 4.69) is 15.3 Å². The molecule has 0 unspecified atom stereocenters. The summed E-state index contributed by atoms with van der Waals surface area (Å²) in [7, 11) is 0. The lowest BCUT2D eigenvalue weighted by Crippen LogP contribution is -2.47. The van der Waals surface area contributed by atoms with Gasteiger partial charge < -0.3 is 5.32 Å². The van der Waals surface area contributed by atoms with E-state index in [1.807, 2.05) is 6.92 Å². The summed E-state index contributed by atoms with van der Waals surface area (Å²) in [6, 6.07) is 0. The minimum Gasteiger partial charge on any atom is -0.350 e. The third kappa shape index (κ3) is 2.75. The van der Waals surface area contributed by atoms with Crippen LogP contribution in [0.5, 0.6) is 0 Å². The Hall–Kier alpha value is -1.45. The van der Waals surface area contributed by atoms with Gasteiger partial charge in [-0.05, 0) is 68.6 Å². The number of nitrogens with one attached hydrogen (secondary N) is 1. The van der Waals surface area contributed by atoms with Crippen LogP contribution in [-0.4, -0.2) is 15.9 Å². The van der Waals surface area contributed by atoms with Crippen molar-refractivity contribution in [2.75, 3.05) is 0 Å². The highest BCUT2D eigenvalue weighted by molar-refractivity contribution is 5.76. The minimum absolute atomic E-state index is 0.198. The zero-order valence-electron chi connectivity index (χ0n) is 13.3. The Kier molecular flexibility index (Phi) is 3.43. The first-order chi connectivity index (χ1) is 10.6. The highest BCUT2D eigenvalue weighted by atomic mass is 16.1. The molecule has 4 aliphatic rings. The number of carbonyl (C=O) groups excluding carboxylic acids is 1. The molecule has 4 nitrogen and oxygen atoms in total. The lowest BCUT2D eigenvalue weighted by atomic mass is 9.49. The van der Waals surface area contributed by atoms with E-state index in [1.165, 1.54) is 38.5 Å². The zero-order chi connectivity index (χ0) is 15.2. The van der Waals surface area contributed by atoms with Gasteiger partial charge >= 0.3 is 0 Å². The van der Waals surface area contributed by atoms with Crippen molar-refractivity contribution in [1.82, 2.24) is 15.3 Å². The average molecular weight is 299 g/mol. The minimum atomic E-state index is 0.198. The van der Waals surface area contributed by atoms with Crippen molar-refractivity contribution in [2.24, 2.45) is 23.2 Å². The van der Waals surface area contributed by atoms with Crippen molar-refractivity contribution in [3.05, 3.63) is 23.8 Å². The van der Waals surface area contributed by atoms with Crippen molar-refractivity contribution in [1.29, 1.82) is 0 Å². The van der Waals surface area contributed by atoms with Crippen LogP contribution in [-0.2, 0) is 11.3 Å². The molecule has 0 radical (unpaired) electrons. The van der Waals surface area contributed by atoms with Gasteiger partial charge in [0.05, 0.1) is 24.1 Å². The summed E-state index contributed by atoms with van der Waals surface area (Å²) in [5.74, 6) is 2.91. The Morgan fingerprint density at radius 2 is 1.77 bits per heavy atom. The molecule has 1 aromatic rings. The topological polar surface area (TPSA) is 54.9 Å². The quantitative estimate of drug-likeness (QED) is 0.930. The van der Waals surface area contributed by atoms with E-state index in [0.717, 1.165) is 35.6 Å². The molecule has 22 heavy (non-hydrogen) atoms. The monoisotopic (exact) mass is 299 g/mol. The van der Waals surface area contributed by atoms with Crippen molar-refractivity contribution in [3.63, 3.8) is 0 Å². The standard InChI is InChI=1S/C18H25N3O/c1-12-9-20-16(10-19-12)11-21-17(22)8-18-5-13-2-14(6-18)4-15(3-13)7-18/h9-10,13-15H,2-8,11H2,1H3,(H,21,22). The first-order valence-electron chi connectivity index (χ1n) is 8.64. The summed E-state index contributed by atoms with van der Waals surface area (Å²) < 4.78 is 0. The number of hydrogen-bond donors (Lipinski definition) is 1. The zero-order valence-corrected chi connectivity index (χ0v) is 13.3. The molecule has 4 fully saturated rings. The number of amides is 1. The number of rotatable bonds is 4. The van der Waals surface area contributed by atoms with Gasteiger partial charge in [-0.15, -0.1) is 0 Å². The lowest BCUT2D eigenvalue weighted by Gasteiger charge is -2.56. The van der Waals surface area contributed by atoms with Gasteiger partial charge in [0, 0.05) is 12.6 Å². The predicted molar refractivity (Wildman–Crippen MR) is 83.8 cm³/mol. The summed E-state index contributed by atoms with van der Waals surface area (Å²) >= 11 is 0. The third-order valence-corrected chi connectivity index (χ3v) is 6.00. The van der Waals surface area contributed by atoms with Gasteiger partial charge in [-0.25, -0.2) is 0 Å². The Morgan fingerprint density at radius 1 is 1.14 bits per heavy atom. The average Bonchev–Trinajstić information content (AvgIpc) is 2.44. The highest BCUT2D eigenvalue weighted by Crippen LogP contribution is 2.61. The fourth-order valence-electron chi connectivity index (χ4n) is 5.61. The van der Waals surface area contributed by atoms with Crippen LogP contribution in [0.1, 0.15) is 56.3 Å². The maximum absolute atomic E-state index is 12.4. The molecule has 5 rings (SSSR count). The molecule has 4 bridgehead atoms. The summed E-state index contributed by atoms with van der Waals surface area (Å²) in [6.45, 7) is 2.42. The predicted octanol–water partition coefficient (Wildman–Crippen LogP) is 3.01. The van der Waals surface area contributed by atoms with Crippen LogP contribution < -0.4 is 5.32 Å². The second-order valence-electron chi connectivity index (χ2n) is 8.02. The van der Waals surface area contributed by atoms with Crippen LogP contribution in [0.2, 0.25) is 0 Å². The van der Waals surface area contributed by atoms with Gasteiger partial charge in [-0.3, -0.25) is 14.8 Å². The molecular formula is C18H25N3O. The van der Waals surface area contributed by atoms with Crippen LogP contribution in [0.4, 0.5) is 0 Å². The molecule has 0 spiro atoms. The first kappa shape index (κ1) is 14.2. The molecule has 4 aliphatic carbocycles. The smallest absolute Gasteiger partial charge is 0.220 e. The van der Waals surface area contributed by atoms with E-state index in [0.29, 0.717) is 12.0 Å². The van der Waals surface area contributed by atoms with E-state index in [1.54, 1.807) is 12.4 Å². The Balaban J connectivity index is 1.35. The van der Waals surface area contributed by atoms with Gasteiger partial charge in [0.15, 0.2) is 0 Å². The van der Waals surface area contributed by atoms with Crippen molar-refractivity contribution in [3.8, 4) is 0 Å². The molecule has 4 heteroatoms. The SMILES string of the molecule is Cc1cnc(CNC(=O)CC23CC4CC(CC(C4)C2)C3)cn1. The van der Waals surface area contributed by atoms with Gasteiger partial charge in [0.1, 0.15) is 0 Å². The largest absolute Gasteiger partial charge is 0.350 e. The van der Waals surface area contributed by atoms with Gasteiger partial charge in [-0.2, -0.15) is 0 Å². The molecule has 1 aromatic heterocycles. The fraction of sp³-hybridized carbons (Fsp3) is 0.722. The van der Waals surface area contributed by atoms with E-state index < -0.39 is 0 Å². The van der Waals surface area contributed by atoms with Crippen molar-refractivity contribution >= 4 is 5.91 Å². The van der Waals surface area contributed by atoms with E-state index in [9.17, 15) is 4.79 Å². The van der Waals surface area contributed by atoms with Crippen LogP contribution >= 0.6 is 0 Å². The number of aromatic nitrogens is 2.